The first-order valence-corrected chi connectivity index (χ1v) is 6.16. The van der Waals surface area contributed by atoms with Gasteiger partial charge in [0.25, 0.3) is 0 Å². The molecule has 0 atom stereocenters. The van der Waals surface area contributed by atoms with Crippen LogP contribution in [0.4, 0.5) is 0 Å². The predicted molar refractivity (Wildman–Crippen MR) is 67.1 cm³/mol. The Morgan fingerprint density at radius 1 is 1.38 bits per heavy atom. The number of nitrogens with two attached hydrogens (primary N) is 1. The summed E-state index contributed by atoms with van der Waals surface area (Å²) >= 11 is 6.27. The van der Waals surface area contributed by atoms with E-state index in [4.69, 9.17) is 17.3 Å². The van der Waals surface area contributed by atoms with Crippen LogP contribution in [-0.4, -0.2) is 11.7 Å². The normalized spacial score (nSPS) is 18.9. The number of phenolic OH excluding ortho intramolecular Hbond substituents is 1. The van der Waals surface area contributed by atoms with Gasteiger partial charge in [-0.1, -0.05) is 24.4 Å². The lowest BCUT2D eigenvalue weighted by atomic mass is 9.78. The molecule has 1 saturated carbocycles. The van der Waals surface area contributed by atoms with E-state index in [0.717, 1.165) is 24.0 Å². The van der Waals surface area contributed by atoms with Gasteiger partial charge in [0.05, 0.1) is 0 Å². The van der Waals surface area contributed by atoms with E-state index < -0.39 is 0 Å². The lowest BCUT2D eigenvalue weighted by molar-refractivity contribution is 0.405. The Morgan fingerprint density at radius 3 is 2.50 bits per heavy atom. The van der Waals surface area contributed by atoms with Crippen molar-refractivity contribution in [2.75, 3.05) is 6.54 Å². The Bertz CT molecular complexity index is 374. The quantitative estimate of drug-likeness (QED) is 0.833. The van der Waals surface area contributed by atoms with Crippen molar-refractivity contribution in [1.82, 2.24) is 0 Å². The maximum absolute atomic E-state index is 10.1. The smallest absolute Gasteiger partial charge is 0.121 e. The van der Waals surface area contributed by atoms with Crippen LogP contribution in [0, 0.1) is 6.92 Å². The van der Waals surface area contributed by atoms with E-state index in [1.807, 2.05) is 13.0 Å². The fraction of sp³-hybridized carbons (Fsp3) is 0.538. The van der Waals surface area contributed by atoms with E-state index in [0.29, 0.717) is 17.3 Å². The van der Waals surface area contributed by atoms with Crippen LogP contribution in [0.15, 0.2) is 12.1 Å². The largest absolute Gasteiger partial charge is 0.508 e. The molecule has 2 rings (SSSR count). The molecule has 3 N–H and O–H groups in total. The van der Waals surface area contributed by atoms with Crippen molar-refractivity contribution in [1.29, 1.82) is 0 Å². The highest BCUT2D eigenvalue weighted by Crippen LogP contribution is 2.47. The van der Waals surface area contributed by atoms with E-state index >= 15 is 0 Å². The number of hydrogen-bond acceptors (Lipinski definition) is 2. The molecule has 0 spiro atoms. The number of phenols is 1. The molecule has 0 unspecified atom stereocenters. The maximum Gasteiger partial charge on any atom is 0.121 e. The van der Waals surface area contributed by atoms with Crippen molar-refractivity contribution in [3.63, 3.8) is 0 Å². The average Bonchev–Trinajstić information content (AvgIpc) is 2.66. The van der Waals surface area contributed by atoms with Gasteiger partial charge in [0.15, 0.2) is 0 Å². The molecule has 0 heterocycles. The summed E-state index contributed by atoms with van der Waals surface area (Å²) in [5, 5.41) is 10.7. The molecule has 16 heavy (non-hydrogen) atoms. The first-order chi connectivity index (χ1) is 7.59. The first-order valence-electron chi connectivity index (χ1n) is 5.79. The van der Waals surface area contributed by atoms with Crippen LogP contribution in [0.1, 0.15) is 36.8 Å². The third kappa shape index (κ3) is 1.80. The molecule has 1 fully saturated rings. The molecule has 88 valence electrons. The molecule has 1 aliphatic carbocycles. The van der Waals surface area contributed by atoms with Crippen LogP contribution in [-0.2, 0) is 5.41 Å². The van der Waals surface area contributed by atoms with Gasteiger partial charge < -0.3 is 10.8 Å². The highest BCUT2D eigenvalue weighted by molar-refractivity contribution is 6.31. The maximum atomic E-state index is 10.1. The summed E-state index contributed by atoms with van der Waals surface area (Å²) in [4.78, 5) is 0. The summed E-state index contributed by atoms with van der Waals surface area (Å²) in [6.07, 6.45) is 4.39. The zero-order valence-corrected chi connectivity index (χ0v) is 10.3. The van der Waals surface area contributed by atoms with Crippen molar-refractivity contribution in [2.24, 2.45) is 5.73 Å². The van der Waals surface area contributed by atoms with Gasteiger partial charge in [0, 0.05) is 22.5 Å². The lowest BCUT2D eigenvalue weighted by Gasteiger charge is -2.29. The standard InChI is InChI=1S/C13H18ClNO/c1-9-6-10(14)12(11(16)7-9)13(8-15)4-2-3-5-13/h6-7,16H,2-5,8,15H2,1H3. The van der Waals surface area contributed by atoms with Crippen LogP contribution in [0.3, 0.4) is 0 Å². The van der Waals surface area contributed by atoms with E-state index in [1.54, 1.807) is 6.07 Å². The highest BCUT2D eigenvalue weighted by atomic mass is 35.5. The highest BCUT2D eigenvalue weighted by Gasteiger charge is 2.38. The van der Waals surface area contributed by atoms with Crippen LogP contribution in [0.5, 0.6) is 5.75 Å². The fourth-order valence-corrected chi connectivity index (χ4v) is 3.33. The fourth-order valence-electron chi connectivity index (χ4n) is 2.86. The number of aromatic hydroxyl groups is 1. The second-order valence-corrected chi connectivity index (χ2v) is 5.24. The van der Waals surface area contributed by atoms with Crippen LogP contribution in [0.2, 0.25) is 5.02 Å². The Morgan fingerprint density at radius 2 is 2.00 bits per heavy atom. The Labute approximate surface area is 101 Å². The molecule has 0 aliphatic heterocycles. The van der Waals surface area contributed by atoms with E-state index in [-0.39, 0.29) is 5.41 Å². The third-order valence-electron chi connectivity index (χ3n) is 3.70. The van der Waals surface area contributed by atoms with Crippen LogP contribution < -0.4 is 5.73 Å². The summed E-state index contributed by atoms with van der Waals surface area (Å²) in [5.41, 5.74) is 7.65. The molecule has 1 aliphatic rings. The lowest BCUT2D eigenvalue weighted by Crippen LogP contribution is -2.32. The van der Waals surface area contributed by atoms with Crippen molar-refractivity contribution in [3.8, 4) is 5.75 Å². The molecule has 1 aromatic rings. The predicted octanol–water partition coefficient (Wildman–Crippen LogP) is 3.12. The summed E-state index contributed by atoms with van der Waals surface area (Å²) in [5.74, 6) is 0.303. The number of benzene rings is 1. The summed E-state index contributed by atoms with van der Waals surface area (Å²) < 4.78 is 0. The summed E-state index contributed by atoms with van der Waals surface area (Å²) in [6.45, 7) is 2.49. The van der Waals surface area contributed by atoms with E-state index in [1.165, 1.54) is 12.8 Å². The van der Waals surface area contributed by atoms with Gasteiger partial charge in [-0.3, -0.25) is 0 Å². The van der Waals surface area contributed by atoms with Crippen LogP contribution in [0.25, 0.3) is 0 Å². The molecular weight excluding hydrogens is 222 g/mol. The van der Waals surface area contributed by atoms with Gasteiger partial charge in [-0.15, -0.1) is 0 Å². The van der Waals surface area contributed by atoms with Crippen molar-refractivity contribution in [3.05, 3.63) is 28.3 Å². The molecule has 0 amide bonds. The van der Waals surface area contributed by atoms with E-state index in [9.17, 15) is 5.11 Å². The zero-order chi connectivity index (χ0) is 11.8. The second kappa shape index (κ2) is 4.27. The van der Waals surface area contributed by atoms with Gasteiger partial charge in [0.1, 0.15) is 5.75 Å². The minimum absolute atomic E-state index is 0.102. The molecule has 0 saturated heterocycles. The topological polar surface area (TPSA) is 46.2 Å². The average molecular weight is 240 g/mol. The van der Waals surface area contributed by atoms with Crippen LogP contribution >= 0.6 is 11.6 Å². The third-order valence-corrected chi connectivity index (χ3v) is 3.99. The summed E-state index contributed by atoms with van der Waals surface area (Å²) in [7, 11) is 0. The number of hydrogen-bond donors (Lipinski definition) is 2. The Kier molecular flexibility index (Phi) is 3.13. The van der Waals surface area contributed by atoms with Gasteiger partial charge in [-0.2, -0.15) is 0 Å². The Balaban J connectivity index is 2.54. The summed E-state index contributed by atoms with van der Waals surface area (Å²) in [6, 6.07) is 3.68. The zero-order valence-electron chi connectivity index (χ0n) is 9.59. The van der Waals surface area contributed by atoms with Crippen molar-refractivity contribution in [2.45, 2.75) is 38.0 Å². The Hall–Kier alpha value is -0.730. The number of aryl methyl sites for hydroxylation is 1. The molecule has 2 nitrogen and oxygen atoms in total. The van der Waals surface area contributed by atoms with Gasteiger partial charge in [-0.05, 0) is 37.5 Å². The molecular formula is C13H18ClNO. The first kappa shape index (κ1) is 11.7. The van der Waals surface area contributed by atoms with E-state index in [2.05, 4.69) is 0 Å². The van der Waals surface area contributed by atoms with Crippen molar-refractivity contribution >= 4 is 11.6 Å². The van der Waals surface area contributed by atoms with Crippen molar-refractivity contribution < 1.29 is 5.11 Å². The minimum Gasteiger partial charge on any atom is -0.508 e. The van der Waals surface area contributed by atoms with Gasteiger partial charge >= 0.3 is 0 Å². The monoisotopic (exact) mass is 239 g/mol. The molecule has 1 aromatic carbocycles. The number of halogens is 1. The molecule has 0 aromatic heterocycles. The van der Waals surface area contributed by atoms with Gasteiger partial charge in [-0.25, -0.2) is 0 Å². The number of rotatable bonds is 2. The van der Waals surface area contributed by atoms with Gasteiger partial charge in [0.2, 0.25) is 0 Å². The molecule has 0 radical (unpaired) electrons. The minimum atomic E-state index is -0.102. The second-order valence-electron chi connectivity index (χ2n) is 4.83. The SMILES string of the molecule is Cc1cc(O)c(C2(CN)CCCC2)c(Cl)c1. The molecule has 3 heteroatoms. The molecule has 0 bridgehead atoms.